The highest BCUT2D eigenvalue weighted by atomic mass is 32.3. The molecule has 0 radical (unpaired) electrons. The van der Waals surface area contributed by atoms with Gasteiger partial charge in [0.15, 0.2) is 9.84 Å². The molecule has 1 fully saturated rings. The monoisotopic (exact) mass is 1060 g/mol. The number of carbonyl (C=O) groups is 1. The van der Waals surface area contributed by atoms with E-state index in [0.717, 1.165) is 6.42 Å². The van der Waals surface area contributed by atoms with Gasteiger partial charge in [0.25, 0.3) is 0 Å². The zero-order valence-electron chi connectivity index (χ0n) is 38.5. The molecule has 1 aliphatic heterocycles. The summed E-state index contributed by atoms with van der Waals surface area (Å²) in [6.07, 6.45) is -10.6. The molecule has 6 rings (SSSR count). The second-order valence-corrected chi connectivity index (χ2v) is 22.5. The van der Waals surface area contributed by atoms with Crippen LogP contribution < -0.4 is 15.5 Å². The normalized spacial score (nSPS) is 25.8. The van der Waals surface area contributed by atoms with Crippen LogP contribution in [0.15, 0.2) is 108 Å². The molecule has 1 heterocycles. The molecule has 1 saturated carbocycles. The number of ether oxygens (including phenoxy) is 2. The van der Waals surface area contributed by atoms with Crippen LogP contribution in [0.4, 0.5) is 16.2 Å². The second-order valence-electron chi connectivity index (χ2n) is 17.4. The van der Waals surface area contributed by atoms with Crippen molar-refractivity contribution in [3.8, 4) is 0 Å². The number of fused-ring (bicyclic) bond motifs is 1. The lowest BCUT2D eigenvalue weighted by Gasteiger charge is -2.48. The molecule has 4 aromatic carbocycles. The van der Waals surface area contributed by atoms with Crippen LogP contribution in [0.2, 0.25) is 0 Å². The fourth-order valence-corrected chi connectivity index (χ4v) is 12.9. The van der Waals surface area contributed by atoms with E-state index in [4.69, 9.17) is 22.0 Å². The number of sulfone groups is 1. The minimum atomic E-state index is -5.66. The first-order valence-electron chi connectivity index (χ1n) is 22.0. The molecule has 0 saturated heterocycles. The molecule has 1 aliphatic carbocycles. The van der Waals surface area contributed by atoms with Crippen molar-refractivity contribution in [2.45, 2.75) is 106 Å². The Hall–Kier alpha value is -4.61. The van der Waals surface area contributed by atoms with E-state index in [2.05, 4.69) is 10.6 Å². The highest BCUT2D eigenvalue weighted by Gasteiger charge is 2.59. The second kappa shape index (κ2) is 22.4. The number of urea groups is 1. The molecule has 0 aromatic heterocycles. The number of amides is 2. The molecule has 0 unspecified atom stereocenters. The van der Waals surface area contributed by atoms with Crippen molar-refractivity contribution >= 4 is 58.4 Å². The molecular formula is C45H57N3O18S4. The van der Waals surface area contributed by atoms with E-state index in [0.29, 0.717) is 47.2 Å². The lowest BCUT2D eigenvalue weighted by molar-refractivity contribution is -0.206. The quantitative estimate of drug-likeness (QED) is 0.0644. The van der Waals surface area contributed by atoms with E-state index in [1.54, 1.807) is 97.9 Å². The minimum absolute atomic E-state index is 0.00641. The largest absolute Gasteiger partial charge is 0.397 e. The number of aliphatic hydroxyl groups is 1. The summed E-state index contributed by atoms with van der Waals surface area (Å²) in [4.78, 5) is 16.1. The number of hydrogen-bond acceptors (Lipinski definition) is 16. The summed E-state index contributed by atoms with van der Waals surface area (Å²) >= 11 is 0. The third kappa shape index (κ3) is 13.9. The number of carbonyl (C=O) groups excluding carboxylic acids is 1. The molecule has 6 N–H and O–H groups in total. The predicted molar refractivity (Wildman–Crippen MR) is 255 cm³/mol. The molecule has 21 nitrogen and oxygen atoms in total. The van der Waals surface area contributed by atoms with E-state index in [1.807, 2.05) is 13.8 Å². The highest BCUT2D eigenvalue weighted by molar-refractivity contribution is 7.91. The smallest absolute Gasteiger partial charge is 0.392 e. The zero-order chi connectivity index (χ0) is 51.2. The Morgan fingerprint density at radius 3 is 1.73 bits per heavy atom. The Labute approximate surface area is 408 Å². The first-order chi connectivity index (χ1) is 32.8. The van der Waals surface area contributed by atoms with Crippen molar-refractivity contribution in [2.75, 3.05) is 30.1 Å². The highest BCUT2D eigenvalue weighted by Crippen LogP contribution is 2.49. The summed E-state index contributed by atoms with van der Waals surface area (Å²) in [5, 5.41) is 17.4. The van der Waals surface area contributed by atoms with Gasteiger partial charge in [0.05, 0.1) is 36.0 Å². The Morgan fingerprint density at radius 1 is 0.714 bits per heavy atom. The third-order valence-electron chi connectivity index (χ3n) is 12.4. The maximum Gasteiger partial charge on any atom is 0.397 e. The SMILES string of the molecule is CCCC[C@]1(CC)CS(=O)(=O)c2ccc(N(C)C)cc2[C@@H](c2cccc(NC(=O)N[C@@H]3[C@@H](OS(=O)(=O)O)[C@H](OCc4ccccc4)[C@@H](OS(=O)(=O)O)[C@H](OCc4ccccc4)[C@H]3OS(=O)(=O)O)c2)[C@H]1O. The zero-order valence-corrected chi connectivity index (χ0v) is 41.7. The maximum atomic E-state index is 14.3. The van der Waals surface area contributed by atoms with E-state index in [-0.39, 0.29) is 16.3 Å². The number of anilines is 2. The number of hydrogen-bond donors (Lipinski definition) is 6. The lowest BCUT2D eigenvalue weighted by Crippen LogP contribution is -2.71. The molecule has 2 amide bonds. The van der Waals surface area contributed by atoms with Gasteiger partial charge in [-0.3, -0.25) is 13.7 Å². The molecular weight excluding hydrogens is 999 g/mol. The van der Waals surface area contributed by atoms with Gasteiger partial charge in [-0.1, -0.05) is 99.5 Å². The molecule has 4 aromatic rings. The van der Waals surface area contributed by atoms with Gasteiger partial charge in [-0.25, -0.2) is 25.8 Å². The van der Waals surface area contributed by atoms with Crippen LogP contribution in [-0.2, 0) is 76.3 Å². The number of benzene rings is 4. The van der Waals surface area contributed by atoms with E-state index in [1.165, 1.54) is 24.3 Å². The van der Waals surface area contributed by atoms with Gasteiger partial charge < -0.3 is 30.1 Å². The fourth-order valence-electron chi connectivity index (χ4n) is 9.13. The number of nitrogens with one attached hydrogen (secondary N) is 2. The first-order valence-corrected chi connectivity index (χ1v) is 27.8. The Balaban J connectivity index is 1.46. The summed E-state index contributed by atoms with van der Waals surface area (Å²) < 4.78 is 161. The lowest BCUT2D eigenvalue weighted by atomic mass is 9.69. The first kappa shape index (κ1) is 54.7. The molecule has 2 aliphatic rings. The predicted octanol–water partition coefficient (Wildman–Crippen LogP) is 4.86. The van der Waals surface area contributed by atoms with E-state index >= 15 is 0 Å². The van der Waals surface area contributed by atoms with Crippen LogP contribution >= 0.6 is 0 Å². The van der Waals surface area contributed by atoms with Crippen LogP contribution in [0.25, 0.3) is 0 Å². The molecule has 0 bridgehead atoms. The summed E-state index contributed by atoms with van der Waals surface area (Å²) in [5.41, 5.74) is 1.05. The third-order valence-corrected chi connectivity index (χ3v) is 15.8. The van der Waals surface area contributed by atoms with E-state index in [9.17, 15) is 57.2 Å². The van der Waals surface area contributed by atoms with Gasteiger partial charge in [-0.05, 0) is 65.4 Å². The number of aliphatic hydroxyl groups excluding tert-OH is 1. The van der Waals surface area contributed by atoms with Gasteiger partial charge in [0.1, 0.15) is 30.5 Å². The van der Waals surface area contributed by atoms with Crippen molar-refractivity contribution < 1.29 is 79.3 Å². The topological polar surface area (TPSA) is 308 Å². The van der Waals surface area contributed by atoms with Crippen molar-refractivity contribution in [1.29, 1.82) is 0 Å². The van der Waals surface area contributed by atoms with Crippen LogP contribution in [0.3, 0.4) is 0 Å². The van der Waals surface area contributed by atoms with Gasteiger partial charge >= 0.3 is 37.2 Å². The van der Waals surface area contributed by atoms with Crippen molar-refractivity contribution in [2.24, 2.45) is 5.41 Å². The minimum Gasteiger partial charge on any atom is -0.392 e. The van der Waals surface area contributed by atoms with Crippen LogP contribution in [0, 0.1) is 5.41 Å². The molecule has 384 valence electrons. The number of unbranched alkanes of at least 4 members (excludes halogenated alkanes) is 1. The van der Waals surface area contributed by atoms with Crippen molar-refractivity contribution in [3.63, 3.8) is 0 Å². The Bertz CT molecular complexity index is 2810. The van der Waals surface area contributed by atoms with Gasteiger partial charge in [-0.2, -0.15) is 25.3 Å². The fraction of sp³-hybridized carbons (Fsp3) is 0.444. The van der Waals surface area contributed by atoms with Crippen LogP contribution in [0.5, 0.6) is 0 Å². The Morgan fingerprint density at radius 2 is 1.24 bits per heavy atom. The molecule has 70 heavy (non-hydrogen) atoms. The van der Waals surface area contributed by atoms with Crippen molar-refractivity contribution in [1.82, 2.24) is 5.32 Å². The van der Waals surface area contributed by atoms with Crippen LogP contribution in [0.1, 0.15) is 67.7 Å². The van der Waals surface area contributed by atoms with Crippen LogP contribution in [-0.4, -0.2) is 121 Å². The van der Waals surface area contributed by atoms with Crippen molar-refractivity contribution in [3.05, 3.63) is 125 Å². The average Bonchev–Trinajstić information content (AvgIpc) is 3.35. The molecule has 9 atom stereocenters. The molecule has 0 spiro atoms. The van der Waals surface area contributed by atoms with Gasteiger partial charge in [0.2, 0.25) is 0 Å². The summed E-state index contributed by atoms with van der Waals surface area (Å²) in [5.74, 6) is -1.30. The summed E-state index contributed by atoms with van der Waals surface area (Å²) in [7, 11) is -17.3. The summed E-state index contributed by atoms with van der Waals surface area (Å²) in [6, 6.07) is 23.5. The van der Waals surface area contributed by atoms with Gasteiger partial charge in [-0.15, -0.1) is 0 Å². The Kier molecular flexibility index (Phi) is 17.5. The van der Waals surface area contributed by atoms with Gasteiger partial charge in [0, 0.05) is 36.8 Å². The van der Waals surface area contributed by atoms with E-state index < -0.39 is 114 Å². The number of nitrogens with zero attached hydrogens (tertiary/aromatic N) is 1. The maximum absolute atomic E-state index is 14.3. The average molecular weight is 1060 g/mol. The number of rotatable bonds is 20. The standard InChI is InChI=1S/C45H57N3O18S4/c1-5-7-23-45(6-2)28-67(51,52)35-22-21-33(48(3)4)25-34(35)36(43(45)49)31-19-14-20-32(24-31)46-44(50)47-37-38(64-68(53,54)55)40(62-26-29-15-10-8-11-16-29)42(66-70(59,60)61)41(39(37)65-69(56,57)58)63-27-30-17-12-9-13-18-30/h8-22,24-25,36-43,49H,5-7,23,26-28H2,1-4H3,(H2,46,47,50)(H,53,54,55)(H,56,57,58)(H,59,60,61)/t36-,37-,38-,39+,40+,41-,42-,43-,45-/m1/s1. The molecule has 25 heteroatoms. The summed E-state index contributed by atoms with van der Waals surface area (Å²) in [6.45, 7) is 2.83.